The zero-order chi connectivity index (χ0) is 33.7. The van der Waals surface area contributed by atoms with Crippen molar-refractivity contribution in [1.29, 1.82) is 0 Å². The van der Waals surface area contributed by atoms with Gasteiger partial charge in [-0.3, -0.25) is 29.5 Å². The Hall–Kier alpha value is -5.27. The van der Waals surface area contributed by atoms with Gasteiger partial charge >= 0.3 is 0 Å². The molecule has 250 valence electrons. The maximum atomic E-state index is 13.2. The summed E-state index contributed by atoms with van der Waals surface area (Å²) in [5, 5.41) is 15.0. The van der Waals surface area contributed by atoms with E-state index >= 15 is 0 Å². The summed E-state index contributed by atoms with van der Waals surface area (Å²) < 4.78 is 31.3. The molecule has 0 unspecified atom stereocenters. The third-order valence-corrected chi connectivity index (χ3v) is 8.72. The topological polar surface area (TPSA) is 151 Å². The molecule has 3 aromatic carbocycles. The number of likely N-dealkylation sites (tertiary alicyclic amines) is 1. The van der Waals surface area contributed by atoms with E-state index in [0.717, 1.165) is 31.3 Å². The number of ether oxygens (including phenoxy) is 3. The molecule has 6 rings (SSSR count). The van der Waals surface area contributed by atoms with E-state index in [9.17, 15) is 18.8 Å². The van der Waals surface area contributed by atoms with Gasteiger partial charge in [-0.1, -0.05) is 0 Å². The smallest absolute Gasteiger partial charge is 0.257 e. The largest absolute Gasteiger partial charge is 0.493 e. The Labute approximate surface area is 276 Å². The molecule has 2 fully saturated rings. The summed E-state index contributed by atoms with van der Waals surface area (Å²) in [6.07, 6.45) is 4.19. The molecule has 1 aliphatic carbocycles. The van der Waals surface area contributed by atoms with Crippen LogP contribution in [-0.4, -0.2) is 66.2 Å². The molecule has 0 bridgehead atoms. The number of amides is 3. The van der Waals surface area contributed by atoms with Crippen molar-refractivity contribution in [3.05, 3.63) is 78.7 Å². The molecule has 1 saturated carbocycles. The highest BCUT2D eigenvalue weighted by Gasteiger charge is 2.56. The van der Waals surface area contributed by atoms with Crippen LogP contribution in [0.4, 0.5) is 15.8 Å². The molecular weight excluding hydrogens is 621 g/mol. The molecule has 1 saturated heterocycles. The number of methoxy groups -OCH3 is 1. The van der Waals surface area contributed by atoms with Crippen LogP contribution in [-0.2, 0) is 14.4 Å². The molecule has 2 heterocycles. The van der Waals surface area contributed by atoms with E-state index in [4.69, 9.17) is 19.4 Å². The van der Waals surface area contributed by atoms with Crippen molar-refractivity contribution >= 4 is 40.0 Å². The molecule has 12 nitrogen and oxygen atoms in total. The molecule has 1 aromatic heterocycles. The number of anilines is 2. The first-order chi connectivity index (χ1) is 23.3. The molecule has 13 heteroatoms. The van der Waals surface area contributed by atoms with Gasteiger partial charge in [0.15, 0.2) is 11.5 Å². The van der Waals surface area contributed by atoms with E-state index in [2.05, 4.69) is 15.6 Å². The maximum Gasteiger partial charge on any atom is 0.257 e. The lowest BCUT2D eigenvalue weighted by Gasteiger charge is -2.31. The summed E-state index contributed by atoms with van der Waals surface area (Å²) in [5.74, 6) is 0.803. The van der Waals surface area contributed by atoms with Crippen LogP contribution in [0.5, 0.6) is 23.0 Å². The molecule has 1 aliphatic heterocycles. The average Bonchev–Trinajstić information content (AvgIpc) is 3.92. The Morgan fingerprint density at radius 3 is 2.17 bits per heavy atom. The fraction of sp³-hybridized carbons (Fsp3) is 0.314. The first-order valence-corrected chi connectivity index (χ1v) is 15.7. The second-order valence-corrected chi connectivity index (χ2v) is 12.0. The summed E-state index contributed by atoms with van der Waals surface area (Å²) >= 11 is 0. The number of hydrogen-bond acceptors (Lipinski definition) is 9. The average molecular weight is 658 g/mol. The highest BCUT2D eigenvalue weighted by molar-refractivity contribution is 6.16. The summed E-state index contributed by atoms with van der Waals surface area (Å²) in [6.45, 7) is 2.10. The number of carbonyl (C=O) groups excluding carboxylic acids is 3. The van der Waals surface area contributed by atoms with Crippen LogP contribution in [0.3, 0.4) is 0 Å². The zero-order valence-corrected chi connectivity index (χ0v) is 26.3. The van der Waals surface area contributed by atoms with Crippen LogP contribution in [0, 0.1) is 17.2 Å². The summed E-state index contributed by atoms with van der Waals surface area (Å²) in [6, 6.07) is 17.6. The van der Waals surface area contributed by atoms with Crippen LogP contribution in [0.1, 0.15) is 25.7 Å². The van der Waals surface area contributed by atoms with Gasteiger partial charge in [-0.25, -0.2) is 9.87 Å². The van der Waals surface area contributed by atoms with Gasteiger partial charge in [-0.15, -0.1) is 0 Å². The molecule has 0 radical (unpaired) electrons. The molecule has 0 spiro atoms. The van der Waals surface area contributed by atoms with Gasteiger partial charge in [0.1, 0.15) is 22.7 Å². The standard InChI is InChI=1S/C35H36FN5O7/c1-46-30-19-28-27(18-31(30)47-21-22-11-16-41(17-12-22)20-32(42)40-45)29(10-15-37-28)48-26-8-6-25(7-9-26)39-34(44)35(13-14-35)33(43)38-24-4-2-23(36)3-5-24/h2-10,15,18-19,22,45H,11-14,16-17,20-21H2,1H3,(H,38,43)(H,39,44)(H,40,42). The Bertz CT molecular complexity index is 1790. The Morgan fingerprint density at radius 1 is 0.917 bits per heavy atom. The number of hydrogen-bond donors (Lipinski definition) is 4. The maximum absolute atomic E-state index is 13.2. The molecule has 48 heavy (non-hydrogen) atoms. The van der Waals surface area contributed by atoms with Crippen molar-refractivity contribution in [2.75, 3.05) is 44.0 Å². The fourth-order valence-corrected chi connectivity index (χ4v) is 5.70. The van der Waals surface area contributed by atoms with Gasteiger partial charge in [0, 0.05) is 29.0 Å². The van der Waals surface area contributed by atoms with Crippen molar-refractivity contribution in [3.8, 4) is 23.0 Å². The van der Waals surface area contributed by atoms with E-state index in [-0.39, 0.29) is 6.54 Å². The number of piperidine rings is 1. The van der Waals surface area contributed by atoms with Gasteiger partial charge in [-0.2, -0.15) is 0 Å². The number of pyridine rings is 1. The van der Waals surface area contributed by atoms with E-state index < -0.39 is 29.0 Å². The number of aromatic nitrogens is 1. The van der Waals surface area contributed by atoms with Gasteiger partial charge in [0.25, 0.3) is 5.91 Å². The Morgan fingerprint density at radius 2 is 1.56 bits per heavy atom. The summed E-state index contributed by atoms with van der Waals surface area (Å²) in [4.78, 5) is 43.9. The highest BCUT2D eigenvalue weighted by Crippen LogP contribution is 2.47. The van der Waals surface area contributed by atoms with Crippen LogP contribution in [0.2, 0.25) is 0 Å². The number of benzene rings is 3. The molecule has 3 amide bonds. The predicted molar refractivity (Wildman–Crippen MR) is 175 cm³/mol. The number of fused-ring (bicyclic) bond motifs is 1. The van der Waals surface area contributed by atoms with Crippen molar-refractivity contribution < 1.29 is 38.2 Å². The minimum atomic E-state index is -1.17. The van der Waals surface area contributed by atoms with E-state index in [0.29, 0.717) is 65.3 Å². The fourth-order valence-electron chi connectivity index (χ4n) is 5.70. The lowest BCUT2D eigenvalue weighted by Crippen LogP contribution is -2.41. The first kappa shape index (κ1) is 32.7. The van der Waals surface area contributed by atoms with Crippen LogP contribution < -0.4 is 30.3 Å². The van der Waals surface area contributed by atoms with Gasteiger partial charge in [0.2, 0.25) is 11.8 Å². The lowest BCUT2D eigenvalue weighted by atomic mass is 9.98. The molecule has 2 aliphatic rings. The second-order valence-electron chi connectivity index (χ2n) is 12.0. The van der Waals surface area contributed by atoms with Crippen LogP contribution in [0.15, 0.2) is 72.9 Å². The summed E-state index contributed by atoms with van der Waals surface area (Å²) in [7, 11) is 1.57. The van der Waals surface area contributed by atoms with E-state index in [1.807, 2.05) is 11.0 Å². The van der Waals surface area contributed by atoms with E-state index in [1.54, 1.807) is 55.2 Å². The third kappa shape index (κ3) is 7.48. The number of carbonyl (C=O) groups is 3. The van der Waals surface area contributed by atoms with E-state index in [1.165, 1.54) is 24.3 Å². The number of nitrogens with zero attached hydrogens (tertiary/aromatic N) is 2. The number of halogens is 1. The molecule has 4 aromatic rings. The molecular formula is C35H36FN5O7. The first-order valence-electron chi connectivity index (χ1n) is 15.7. The van der Waals surface area contributed by atoms with Crippen LogP contribution >= 0.6 is 0 Å². The monoisotopic (exact) mass is 657 g/mol. The molecule has 0 atom stereocenters. The highest BCUT2D eigenvalue weighted by atomic mass is 19.1. The number of rotatable bonds is 12. The third-order valence-electron chi connectivity index (χ3n) is 8.72. The Balaban J connectivity index is 1.08. The predicted octanol–water partition coefficient (Wildman–Crippen LogP) is 5.13. The van der Waals surface area contributed by atoms with Crippen molar-refractivity contribution in [1.82, 2.24) is 15.4 Å². The minimum absolute atomic E-state index is 0.162. The van der Waals surface area contributed by atoms with Crippen LogP contribution in [0.25, 0.3) is 10.9 Å². The van der Waals surface area contributed by atoms with Crippen molar-refractivity contribution in [3.63, 3.8) is 0 Å². The zero-order valence-electron chi connectivity index (χ0n) is 26.3. The Kier molecular flexibility index (Phi) is 9.69. The van der Waals surface area contributed by atoms with Crippen molar-refractivity contribution in [2.45, 2.75) is 25.7 Å². The lowest BCUT2D eigenvalue weighted by molar-refractivity contribution is -0.132. The quantitative estimate of drug-likeness (QED) is 0.0924. The van der Waals surface area contributed by atoms with Gasteiger partial charge in [-0.05, 0) is 105 Å². The normalized spacial score (nSPS) is 15.7. The van der Waals surface area contributed by atoms with Gasteiger partial charge in [0.05, 0.1) is 25.8 Å². The summed E-state index contributed by atoms with van der Waals surface area (Å²) in [5.41, 5.74) is 2.09. The number of hydroxylamine groups is 1. The SMILES string of the molecule is COc1cc2nccc(Oc3ccc(NC(=O)C4(C(=O)Nc5ccc(F)cc5)CC4)cc3)c2cc1OCC1CCN(CC(=O)NO)CC1. The number of nitrogens with one attached hydrogen (secondary N) is 3. The van der Waals surface area contributed by atoms with Gasteiger partial charge < -0.3 is 24.8 Å². The van der Waals surface area contributed by atoms with Crippen molar-refractivity contribution in [2.24, 2.45) is 11.3 Å². The minimum Gasteiger partial charge on any atom is -0.493 e. The molecule has 4 N–H and O–H groups in total. The second kappa shape index (κ2) is 14.2.